The fraction of sp³-hybridized carbons (Fsp3) is 1.00. The molecule has 1 aliphatic rings. The Morgan fingerprint density at radius 1 is 1.24 bits per heavy atom. The predicted molar refractivity (Wildman–Crippen MR) is 88.4 cm³/mol. The summed E-state index contributed by atoms with van der Waals surface area (Å²) in [7, 11) is -1.62. The molecule has 1 aliphatic heterocycles. The standard InChI is InChI=1S/C15H33N3O2S/c1-13(2)16-11-14-7-9-18(10-8-14)21(19,20)17(6)12-15(3,4)5/h13-14,16H,7-12H2,1-6H3. The molecule has 1 saturated heterocycles. The smallest absolute Gasteiger partial charge is 0.281 e. The molecule has 0 unspecified atom stereocenters. The molecule has 1 heterocycles. The SMILES string of the molecule is CC(C)NCC1CCN(S(=O)(=O)N(C)CC(C)(C)C)CC1. The molecule has 0 atom stereocenters. The number of rotatable bonds is 6. The van der Waals surface area contributed by atoms with Crippen molar-refractivity contribution in [2.75, 3.05) is 33.2 Å². The Bertz CT molecular complexity index is 407. The van der Waals surface area contributed by atoms with E-state index < -0.39 is 10.2 Å². The summed E-state index contributed by atoms with van der Waals surface area (Å²) in [6, 6.07) is 0.490. The highest BCUT2D eigenvalue weighted by Crippen LogP contribution is 2.23. The van der Waals surface area contributed by atoms with E-state index in [1.54, 1.807) is 11.4 Å². The van der Waals surface area contributed by atoms with Gasteiger partial charge < -0.3 is 5.32 Å². The highest BCUT2D eigenvalue weighted by atomic mass is 32.2. The van der Waals surface area contributed by atoms with Crippen molar-refractivity contribution in [2.24, 2.45) is 11.3 Å². The minimum atomic E-state index is -3.30. The number of hydrogen-bond acceptors (Lipinski definition) is 3. The Hall–Kier alpha value is -0.170. The number of nitrogens with one attached hydrogen (secondary N) is 1. The first-order valence-corrected chi connectivity index (χ1v) is 9.37. The average molecular weight is 320 g/mol. The van der Waals surface area contributed by atoms with E-state index >= 15 is 0 Å². The van der Waals surface area contributed by atoms with Crippen LogP contribution in [0.5, 0.6) is 0 Å². The summed E-state index contributed by atoms with van der Waals surface area (Å²) in [6.07, 6.45) is 1.89. The van der Waals surface area contributed by atoms with E-state index in [2.05, 4.69) is 39.9 Å². The zero-order valence-corrected chi connectivity index (χ0v) is 15.3. The van der Waals surface area contributed by atoms with Gasteiger partial charge in [-0.2, -0.15) is 17.0 Å². The molecule has 0 spiro atoms. The van der Waals surface area contributed by atoms with E-state index in [-0.39, 0.29) is 5.41 Å². The van der Waals surface area contributed by atoms with Crippen molar-refractivity contribution in [3.8, 4) is 0 Å². The molecule has 6 heteroatoms. The van der Waals surface area contributed by atoms with Crippen LogP contribution in [0.25, 0.3) is 0 Å². The van der Waals surface area contributed by atoms with Gasteiger partial charge in [0.2, 0.25) is 0 Å². The Kier molecular flexibility index (Phi) is 6.65. The summed E-state index contributed by atoms with van der Waals surface area (Å²) in [5.74, 6) is 0.590. The average Bonchev–Trinajstić information content (AvgIpc) is 2.34. The van der Waals surface area contributed by atoms with Crippen molar-refractivity contribution in [1.82, 2.24) is 13.9 Å². The molecule has 126 valence electrons. The van der Waals surface area contributed by atoms with Crippen molar-refractivity contribution in [2.45, 2.75) is 53.5 Å². The molecule has 0 amide bonds. The fourth-order valence-corrected chi connectivity index (χ4v) is 4.31. The predicted octanol–water partition coefficient (Wildman–Crippen LogP) is 1.92. The van der Waals surface area contributed by atoms with Gasteiger partial charge in [0.25, 0.3) is 10.2 Å². The van der Waals surface area contributed by atoms with Gasteiger partial charge in [0.1, 0.15) is 0 Å². The third-order valence-corrected chi connectivity index (χ3v) is 5.74. The van der Waals surface area contributed by atoms with Gasteiger partial charge >= 0.3 is 0 Å². The van der Waals surface area contributed by atoms with Crippen LogP contribution < -0.4 is 5.32 Å². The molecule has 0 aliphatic carbocycles. The van der Waals surface area contributed by atoms with E-state index in [0.29, 0.717) is 31.6 Å². The lowest BCUT2D eigenvalue weighted by Crippen LogP contribution is -2.48. The first-order valence-electron chi connectivity index (χ1n) is 7.97. The minimum absolute atomic E-state index is 0.0265. The van der Waals surface area contributed by atoms with Gasteiger partial charge in [-0.3, -0.25) is 0 Å². The second kappa shape index (κ2) is 7.40. The number of hydrogen-bond donors (Lipinski definition) is 1. The van der Waals surface area contributed by atoms with Crippen LogP contribution in [0.1, 0.15) is 47.5 Å². The lowest BCUT2D eigenvalue weighted by molar-refractivity contribution is 0.238. The maximum atomic E-state index is 12.6. The monoisotopic (exact) mass is 319 g/mol. The third-order valence-electron chi connectivity index (χ3n) is 3.81. The van der Waals surface area contributed by atoms with Gasteiger partial charge in [-0.1, -0.05) is 34.6 Å². The van der Waals surface area contributed by atoms with Crippen LogP contribution in [-0.2, 0) is 10.2 Å². The quantitative estimate of drug-likeness (QED) is 0.814. The maximum Gasteiger partial charge on any atom is 0.281 e. The molecular weight excluding hydrogens is 286 g/mol. The van der Waals surface area contributed by atoms with Crippen LogP contribution in [0.3, 0.4) is 0 Å². The highest BCUT2D eigenvalue weighted by molar-refractivity contribution is 7.86. The van der Waals surface area contributed by atoms with Crippen LogP contribution in [-0.4, -0.2) is 56.3 Å². The molecule has 5 nitrogen and oxygen atoms in total. The van der Waals surface area contributed by atoms with E-state index in [9.17, 15) is 8.42 Å². The fourth-order valence-electron chi connectivity index (χ4n) is 2.69. The van der Waals surface area contributed by atoms with Crippen LogP contribution in [0, 0.1) is 11.3 Å². The highest BCUT2D eigenvalue weighted by Gasteiger charge is 2.32. The topological polar surface area (TPSA) is 52.7 Å². The Labute approximate surface area is 131 Å². The van der Waals surface area contributed by atoms with Gasteiger partial charge in [0, 0.05) is 32.7 Å². The van der Waals surface area contributed by atoms with E-state index in [0.717, 1.165) is 19.4 Å². The molecule has 1 rings (SSSR count). The van der Waals surface area contributed by atoms with E-state index in [1.807, 2.05) is 0 Å². The molecule has 0 radical (unpaired) electrons. The van der Waals surface area contributed by atoms with Gasteiger partial charge in [-0.15, -0.1) is 0 Å². The molecular formula is C15H33N3O2S. The molecule has 21 heavy (non-hydrogen) atoms. The lowest BCUT2D eigenvalue weighted by Gasteiger charge is -2.35. The van der Waals surface area contributed by atoms with Gasteiger partial charge in [-0.05, 0) is 30.7 Å². The molecule has 0 aromatic rings. The summed E-state index contributed by atoms with van der Waals surface area (Å²) in [5, 5.41) is 3.44. The van der Waals surface area contributed by atoms with Gasteiger partial charge in [0.05, 0.1) is 0 Å². The Morgan fingerprint density at radius 2 is 1.76 bits per heavy atom. The van der Waals surface area contributed by atoms with Crippen LogP contribution >= 0.6 is 0 Å². The lowest BCUT2D eigenvalue weighted by atomic mass is 9.97. The zero-order valence-electron chi connectivity index (χ0n) is 14.5. The first kappa shape index (κ1) is 18.9. The molecule has 1 fully saturated rings. The number of nitrogens with zero attached hydrogens (tertiary/aromatic N) is 2. The Morgan fingerprint density at radius 3 is 2.19 bits per heavy atom. The molecule has 0 aromatic heterocycles. The zero-order chi connectivity index (χ0) is 16.3. The molecule has 0 saturated carbocycles. The maximum absolute atomic E-state index is 12.6. The van der Waals surface area contributed by atoms with Crippen molar-refractivity contribution in [3.63, 3.8) is 0 Å². The summed E-state index contributed by atoms with van der Waals surface area (Å²) in [4.78, 5) is 0. The second-order valence-corrected chi connectivity index (χ2v) is 9.77. The van der Waals surface area contributed by atoms with E-state index in [1.165, 1.54) is 4.31 Å². The number of piperidine rings is 1. The van der Waals surface area contributed by atoms with Crippen molar-refractivity contribution in [3.05, 3.63) is 0 Å². The largest absolute Gasteiger partial charge is 0.314 e. The Balaban J connectivity index is 2.52. The first-order chi connectivity index (χ1) is 9.52. The summed E-state index contributed by atoms with van der Waals surface area (Å²) >= 11 is 0. The van der Waals surface area contributed by atoms with Crippen LogP contribution in [0.4, 0.5) is 0 Å². The summed E-state index contributed by atoms with van der Waals surface area (Å²) in [6.45, 7) is 13.3. The summed E-state index contributed by atoms with van der Waals surface area (Å²) in [5.41, 5.74) is -0.0265. The third kappa shape index (κ3) is 6.22. The normalized spacial score (nSPS) is 19.6. The second-order valence-electron chi connectivity index (χ2n) is 7.73. The minimum Gasteiger partial charge on any atom is -0.314 e. The van der Waals surface area contributed by atoms with Crippen LogP contribution in [0.2, 0.25) is 0 Å². The van der Waals surface area contributed by atoms with Crippen LogP contribution in [0.15, 0.2) is 0 Å². The molecule has 1 N–H and O–H groups in total. The van der Waals surface area contributed by atoms with Crippen molar-refractivity contribution in [1.29, 1.82) is 0 Å². The van der Waals surface area contributed by atoms with Crippen molar-refractivity contribution >= 4 is 10.2 Å². The molecule has 0 bridgehead atoms. The summed E-state index contributed by atoms with van der Waals surface area (Å²) < 4.78 is 28.3. The van der Waals surface area contributed by atoms with E-state index in [4.69, 9.17) is 0 Å². The molecule has 0 aromatic carbocycles. The van der Waals surface area contributed by atoms with Gasteiger partial charge in [-0.25, -0.2) is 0 Å². The van der Waals surface area contributed by atoms with Crippen molar-refractivity contribution < 1.29 is 8.42 Å². The van der Waals surface area contributed by atoms with Gasteiger partial charge in [0.15, 0.2) is 0 Å².